The van der Waals surface area contributed by atoms with Gasteiger partial charge in [0.05, 0.1) is 16.9 Å². The van der Waals surface area contributed by atoms with Crippen molar-refractivity contribution in [1.82, 2.24) is 0 Å². The van der Waals surface area contributed by atoms with Gasteiger partial charge in [-0.1, -0.05) is 6.42 Å². The Hall–Kier alpha value is -1.04. The van der Waals surface area contributed by atoms with Gasteiger partial charge in [0.1, 0.15) is 0 Å². The second-order valence-electron chi connectivity index (χ2n) is 4.28. The van der Waals surface area contributed by atoms with Gasteiger partial charge in [-0.05, 0) is 43.0 Å². The van der Waals surface area contributed by atoms with Gasteiger partial charge in [0, 0.05) is 6.54 Å². The quantitative estimate of drug-likeness (QED) is 0.583. The molecule has 0 aliphatic carbocycles. The van der Waals surface area contributed by atoms with Crippen LogP contribution in [-0.4, -0.2) is 18.6 Å². The van der Waals surface area contributed by atoms with E-state index >= 15 is 0 Å². The summed E-state index contributed by atoms with van der Waals surface area (Å²) in [6.45, 7) is 0.726. The van der Waals surface area contributed by atoms with Crippen molar-refractivity contribution in [2.24, 2.45) is 0 Å². The summed E-state index contributed by atoms with van der Waals surface area (Å²) in [4.78, 5) is 0. The Balaban J connectivity index is 2.43. The van der Waals surface area contributed by atoms with Gasteiger partial charge < -0.3 is 11.1 Å². The van der Waals surface area contributed by atoms with Crippen LogP contribution in [-0.2, 0) is 6.18 Å². The zero-order valence-corrected chi connectivity index (χ0v) is 11.7. The molecule has 0 bridgehead atoms. The van der Waals surface area contributed by atoms with Crippen molar-refractivity contribution in [2.45, 2.75) is 25.4 Å². The SMILES string of the molecule is CSCCCCCNc1ccc(C(F)(F)F)cc1N. The molecule has 0 saturated carbocycles. The van der Waals surface area contributed by atoms with Crippen LogP contribution in [0.5, 0.6) is 0 Å². The summed E-state index contributed by atoms with van der Waals surface area (Å²) >= 11 is 1.82. The average molecular weight is 292 g/mol. The lowest BCUT2D eigenvalue weighted by Gasteiger charge is -2.12. The summed E-state index contributed by atoms with van der Waals surface area (Å²) in [7, 11) is 0. The molecule has 19 heavy (non-hydrogen) atoms. The highest BCUT2D eigenvalue weighted by molar-refractivity contribution is 7.98. The van der Waals surface area contributed by atoms with Crippen LogP contribution in [0.3, 0.4) is 0 Å². The zero-order chi connectivity index (χ0) is 14.3. The van der Waals surface area contributed by atoms with E-state index in [9.17, 15) is 13.2 Å². The second kappa shape index (κ2) is 7.53. The van der Waals surface area contributed by atoms with E-state index in [0.29, 0.717) is 5.69 Å². The van der Waals surface area contributed by atoms with E-state index in [4.69, 9.17) is 5.73 Å². The Kier molecular flexibility index (Phi) is 6.34. The van der Waals surface area contributed by atoms with E-state index in [1.807, 2.05) is 11.8 Å². The monoisotopic (exact) mass is 292 g/mol. The minimum absolute atomic E-state index is 0.138. The zero-order valence-electron chi connectivity index (χ0n) is 10.9. The molecule has 0 aromatic heterocycles. The molecular formula is C13H19F3N2S. The molecule has 0 amide bonds. The van der Waals surface area contributed by atoms with Gasteiger partial charge >= 0.3 is 6.18 Å². The number of rotatable bonds is 7. The van der Waals surface area contributed by atoms with Crippen LogP contribution in [0.25, 0.3) is 0 Å². The summed E-state index contributed by atoms with van der Waals surface area (Å²) in [6, 6.07) is 3.41. The molecule has 0 heterocycles. The maximum absolute atomic E-state index is 12.4. The van der Waals surface area contributed by atoms with Crippen molar-refractivity contribution in [3.05, 3.63) is 23.8 Å². The highest BCUT2D eigenvalue weighted by Crippen LogP contribution is 2.32. The molecule has 0 fully saturated rings. The lowest BCUT2D eigenvalue weighted by molar-refractivity contribution is -0.137. The number of alkyl halides is 3. The van der Waals surface area contributed by atoms with E-state index in [2.05, 4.69) is 11.6 Å². The molecule has 0 radical (unpaired) electrons. The smallest absolute Gasteiger partial charge is 0.397 e. The Morgan fingerprint density at radius 1 is 1.21 bits per heavy atom. The minimum atomic E-state index is -4.34. The van der Waals surface area contributed by atoms with Crippen molar-refractivity contribution in [3.63, 3.8) is 0 Å². The number of nitrogen functional groups attached to an aromatic ring is 1. The van der Waals surface area contributed by atoms with Gasteiger partial charge in [-0.2, -0.15) is 24.9 Å². The predicted octanol–water partition coefficient (Wildman–Crippen LogP) is 4.23. The number of hydrogen-bond donors (Lipinski definition) is 2. The normalized spacial score (nSPS) is 11.6. The number of benzene rings is 1. The molecule has 6 heteroatoms. The molecule has 1 rings (SSSR count). The third kappa shape index (κ3) is 5.63. The van der Waals surface area contributed by atoms with Crippen LogP contribution in [0.1, 0.15) is 24.8 Å². The number of thioether (sulfide) groups is 1. The highest BCUT2D eigenvalue weighted by atomic mass is 32.2. The average Bonchev–Trinajstić information content (AvgIpc) is 2.34. The highest BCUT2D eigenvalue weighted by Gasteiger charge is 2.30. The number of halogens is 3. The molecule has 0 atom stereocenters. The molecular weight excluding hydrogens is 273 g/mol. The lowest BCUT2D eigenvalue weighted by Crippen LogP contribution is -2.08. The molecule has 0 saturated heterocycles. The fraction of sp³-hybridized carbons (Fsp3) is 0.538. The number of unbranched alkanes of at least 4 members (excludes halogenated alkanes) is 2. The first-order chi connectivity index (χ1) is 8.95. The van der Waals surface area contributed by atoms with Gasteiger partial charge in [-0.25, -0.2) is 0 Å². The number of hydrogen-bond acceptors (Lipinski definition) is 3. The fourth-order valence-corrected chi connectivity index (χ4v) is 2.16. The Labute approximate surface area is 115 Å². The third-order valence-electron chi connectivity index (χ3n) is 2.72. The Bertz CT molecular complexity index is 394. The van der Waals surface area contributed by atoms with Gasteiger partial charge in [-0.15, -0.1) is 0 Å². The van der Waals surface area contributed by atoms with Crippen LogP contribution in [0.4, 0.5) is 24.5 Å². The standard InChI is InChI=1S/C13H19F3N2S/c1-19-8-4-2-3-7-18-12-6-5-10(9-11(12)17)13(14,15)16/h5-6,9,18H,2-4,7-8,17H2,1H3. The molecule has 2 nitrogen and oxygen atoms in total. The Morgan fingerprint density at radius 3 is 2.53 bits per heavy atom. The molecule has 3 N–H and O–H groups in total. The van der Waals surface area contributed by atoms with Crippen LogP contribution in [0.2, 0.25) is 0 Å². The lowest BCUT2D eigenvalue weighted by atomic mass is 10.1. The first-order valence-electron chi connectivity index (χ1n) is 6.14. The van der Waals surface area contributed by atoms with Crippen molar-refractivity contribution >= 4 is 23.1 Å². The van der Waals surface area contributed by atoms with Crippen molar-refractivity contribution in [1.29, 1.82) is 0 Å². The second-order valence-corrected chi connectivity index (χ2v) is 5.27. The van der Waals surface area contributed by atoms with Gasteiger partial charge in [0.15, 0.2) is 0 Å². The summed E-state index contributed by atoms with van der Waals surface area (Å²) in [5.41, 5.74) is 5.61. The fourth-order valence-electron chi connectivity index (χ4n) is 1.67. The summed E-state index contributed by atoms with van der Waals surface area (Å²) < 4.78 is 37.3. The molecule has 0 spiro atoms. The van der Waals surface area contributed by atoms with Crippen LogP contribution < -0.4 is 11.1 Å². The topological polar surface area (TPSA) is 38.0 Å². The van der Waals surface area contributed by atoms with Gasteiger partial charge in [0.2, 0.25) is 0 Å². The first kappa shape index (κ1) is 16.0. The number of nitrogens with two attached hydrogens (primary N) is 1. The molecule has 1 aromatic carbocycles. The largest absolute Gasteiger partial charge is 0.416 e. The molecule has 0 aliphatic rings. The Morgan fingerprint density at radius 2 is 1.95 bits per heavy atom. The first-order valence-corrected chi connectivity index (χ1v) is 7.54. The van der Waals surface area contributed by atoms with Crippen LogP contribution >= 0.6 is 11.8 Å². The van der Waals surface area contributed by atoms with Crippen LogP contribution in [0, 0.1) is 0 Å². The minimum Gasteiger partial charge on any atom is -0.397 e. The van der Waals surface area contributed by atoms with Crippen molar-refractivity contribution in [2.75, 3.05) is 29.6 Å². The number of nitrogens with one attached hydrogen (secondary N) is 1. The van der Waals surface area contributed by atoms with E-state index < -0.39 is 11.7 Å². The summed E-state index contributed by atoms with van der Waals surface area (Å²) in [6.07, 6.45) is 0.979. The van der Waals surface area contributed by atoms with E-state index in [1.54, 1.807) is 0 Å². The molecule has 1 aromatic rings. The number of anilines is 2. The third-order valence-corrected chi connectivity index (χ3v) is 3.42. The van der Waals surface area contributed by atoms with Gasteiger partial charge in [0.25, 0.3) is 0 Å². The summed E-state index contributed by atoms with van der Waals surface area (Å²) in [5.74, 6) is 1.14. The van der Waals surface area contributed by atoms with E-state index in [-0.39, 0.29) is 5.69 Å². The molecule has 0 unspecified atom stereocenters. The maximum atomic E-state index is 12.4. The molecule has 108 valence electrons. The summed E-state index contributed by atoms with van der Waals surface area (Å²) in [5, 5.41) is 3.07. The molecule has 0 aliphatic heterocycles. The van der Waals surface area contributed by atoms with E-state index in [0.717, 1.165) is 43.7 Å². The van der Waals surface area contributed by atoms with Crippen molar-refractivity contribution < 1.29 is 13.2 Å². The van der Waals surface area contributed by atoms with Crippen LogP contribution in [0.15, 0.2) is 18.2 Å². The maximum Gasteiger partial charge on any atom is 0.416 e. The predicted molar refractivity (Wildman–Crippen MR) is 76.6 cm³/mol. The van der Waals surface area contributed by atoms with E-state index in [1.165, 1.54) is 6.07 Å². The van der Waals surface area contributed by atoms with Crippen molar-refractivity contribution in [3.8, 4) is 0 Å². The van der Waals surface area contributed by atoms with Gasteiger partial charge in [-0.3, -0.25) is 0 Å².